The highest BCUT2D eigenvalue weighted by Gasteiger charge is 2.32. The van der Waals surface area contributed by atoms with Crippen LogP contribution in [-0.2, 0) is 14.3 Å². The molecular formula is C23H24N2O5. The lowest BCUT2D eigenvalue weighted by atomic mass is 9.94. The smallest absolute Gasteiger partial charge is 0.306 e. The van der Waals surface area contributed by atoms with E-state index in [4.69, 9.17) is 4.74 Å². The zero-order chi connectivity index (χ0) is 21.3. The Kier molecular flexibility index (Phi) is 5.53. The maximum atomic E-state index is 12.8. The number of nitrogens with zero attached hydrogens (tertiary/aromatic N) is 1. The Hall–Kier alpha value is -3.22. The van der Waals surface area contributed by atoms with Crippen molar-refractivity contribution in [1.82, 2.24) is 10.2 Å². The summed E-state index contributed by atoms with van der Waals surface area (Å²) in [5, 5.41) is 4.35. The predicted molar refractivity (Wildman–Crippen MR) is 110 cm³/mol. The number of ether oxygens (including phenoxy) is 1. The topological polar surface area (TPSA) is 92.8 Å². The second-order valence-electron chi connectivity index (χ2n) is 7.93. The van der Waals surface area contributed by atoms with E-state index in [0.29, 0.717) is 22.4 Å². The summed E-state index contributed by atoms with van der Waals surface area (Å²) in [7, 11) is 0. The maximum absolute atomic E-state index is 12.8. The molecule has 4 rings (SSSR count). The number of carbonyl (C=O) groups is 4. The molecule has 1 N–H and O–H groups in total. The van der Waals surface area contributed by atoms with Crippen molar-refractivity contribution >= 4 is 34.5 Å². The Labute approximate surface area is 174 Å². The molecule has 0 unspecified atom stereocenters. The minimum atomic E-state index is -0.524. The molecule has 30 heavy (non-hydrogen) atoms. The van der Waals surface area contributed by atoms with Crippen LogP contribution in [0, 0.1) is 5.92 Å². The van der Waals surface area contributed by atoms with Gasteiger partial charge in [-0.15, -0.1) is 0 Å². The van der Waals surface area contributed by atoms with Crippen LogP contribution in [-0.4, -0.2) is 47.8 Å². The van der Waals surface area contributed by atoms with Crippen molar-refractivity contribution in [2.24, 2.45) is 5.92 Å². The van der Waals surface area contributed by atoms with Crippen LogP contribution >= 0.6 is 0 Å². The number of carbonyl (C=O) groups excluding carboxylic acids is 4. The first kappa shape index (κ1) is 20.1. The van der Waals surface area contributed by atoms with Gasteiger partial charge in [0.2, 0.25) is 0 Å². The molecule has 0 spiro atoms. The molecule has 0 radical (unpaired) electrons. The molecule has 0 bridgehead atoms. The molecule has 1 heterocycles. The van der Waals surface area contributed by atoms with E-state index in [9.17, 15) is 19.2 Å². The fourth-order valence-electron chi connectivity index (χ4n) is 3.89. The number of amides is 3. The molecule has 1 fully saturated rings. The van der Waals surface area contributed by atoms with Crippen LogP contribution in [0.5, 0.6) is 0 Å². The predicted octanol–water partition coefficient (Wildman–Crippen LogP) is 2.67. The summed E-state index contributed by atoms with van der Waals surface area (Å²) in [5.41, 5.74) is 0.985. The summed E-state index contributed by atoms with van der Waals surface area (Å²) in [6.45, 7) is 1.75. The average molecular weight is 408 g/mol. The molecule has 7 heteroatoms. The first-order chi connectivity index (χ1) is 14.5. The summed E-state index contributed by atoms with van der Waals surface area (Å²) in [5.74, 6) is -1.02. The third kappa shape index (κ3) is 4.06. The monoisotopic (exact) mass is 408 g/mol. The Balaban J connectivity index is 1.29. The largest absolute Gasteiger partial charge is 0.456 e. The van der Waals surface area contributed by atoms with Gasteiger partial charge in [-0.2, -0.15) is 0 Å². The molecule has 3 amide bonds. The van der Waals surface area contributed by atoms with Crippen molar-refractivity contribution < 1.29 is 23.9 Å². The van der Waals surface area contributed by atoms with Gasteiger partial charge >= 0.3 is 5.97 Å². The molecule has 1 aliphatic heterocycles. The van der Waals surface area contributed by atoms with Crippen LogP contribution in [0.15, 0.2) is 36.4 Å². The van der Waals surface area contributed by atoms with Gasteiger partial charge in [-0.3, -0.25) is 24.1 Å². The van der Waals surface area contributed by atoms with Gasteiger partial charge in [0.05, 0.1) is 0 Å². The third-order valence-corrected chi connectivity index (χ3v) is 5.70. The van der Waals surface area contributed by atoms with Gasteiger partial charge in [-0.1, -0.05) is 24.3 Å². The highest BCUT2D eigenvalue weighted by Crippen LogP contribution is 2.32. The number of benzene rings is 2. The van der Waals surface area contributed by atoms with Crippen molar-refractivity contribution in [2.75, 3.05) is 13.2 Å². The molecular weight excluding hydrogens is 384 g/mol. The fraction of sp³-hybridized carbons (Fsp3) is 0.391. The van der Waals surface area contributed by atoms with Gasteiger partial charge in [-0.05, 0) is 49.6 Å². The Bertz CT molecular complexity index is 977. The van der Waals surface area contributed by atoms with Crippen LogP contribution in [0.3, 0.4) is 0 Å². The molecule has 0 aromatic heterocycles. The van der Waals surface area contributed by atoms with Gasteiger partial charge < -0.3 is 10.1 Å². The van der Waals surface area contributed by atoms with Crippen molar-refractivity contribution in [2.45, 2.75) is 38.6 Å². The Morgan fingerprint density at radius 2 is 1.73 bits per heavy atom. The fourth-order valence-corrected chi connectivity index (χ4v) is 3.89. The van der Waals surface area contributed by atoms with Crippen molar-refractivity contribution in [3.8, 4) is 0 Å². The molecule has 7 nitrogen and oxygen atoms in total. The number of nitrogens with one attached hydrogen (secondary N) is 1. The van der Waals surface area contributed by atoms with Gasteiger partial charge in [0.1, 0.15) is 0 Å². The number of rotatable bonds is 8. The first-order valence-electron chi connectivity index (χ1n) is 10.3. The number of esters is 1. The van der Waals surface area contributed by atoms with E-state index in [1.54, 1.807) is 24.3 Å². The zero-order valence-electron chi connectivity index (χ0n) is 16.8. The van der Waals surface area contributed by atoms with Gasteiger partial charge in [-0.25, -0.2) is 0 Å². The number of hydrogen-bond donors (Lipinski definition) is 1. The molecule has 0 saturated heterocycles. The zero-order valence-corrected chi connectivity index (χ0v) is 16.8. The molecule has 156 valence electrons. The van der Waals surface area contributed by atoms with E-state index in [1.165, 1.54) is 4.90 Å². The number of imide groups is 1. The van der Waals surface area contributed by atoms with Crippen LogP contribution in [0.1, 0.15) is 53.3 Å². The van der Waals surface area contributed by atoms with Crippen molar-refractivity contribution in [3.05, 3.63) is 47.5 Å². The highest BCUT2D eigenvalue weighted by molar-refractivity contribution is 6.25. The van der Waals surface area contributed by atoms with Crippen molar-refractivity contribution in [3.63, 3.8) is 0 Å². The van der Waals surface area contributed by atoms with E-state index in [1.807, 2.05) is 19.1 Å². The summed E-state index contributed by atoms with van der Waals surface area (Å²) in [4.78, 5) is 50.5. The van der Waals surface area contributed by atoms with Crippen LogP contribution in [0.25, 0.3) is 10.8 Å². The molecule has 1 aliphatic carbocycles. The second-order valence-corrected chi connectivity index (χ2v) is 7.93. The SMILES string of the molecule is C[C@@H](NC(=O)COC(=O)CCCN1C(=O)c2cccc3cccc(c23)C1=O)C1CC1. The van der Waals surface area contributed by atoms with Crippen LogP contribution in [0.4, 0.5) is 0 Å². The molecule has 2 aromatic carbocycles. The molecule has 1 saturated carbocycles. The lowest BCUT2D eigenvalue weighted by Gasteiger charge is -2.27. The quantitative estimate of drug-likeness (QED) is 0.536. The first-order valence-corrected chi connectivity index (χ1v) is 10.3. The van der Waals surface area contributed by atoms with Crippen LogP contribution in [0.2, 0.25) is 0 Å². The maximum Gasteiger partial charge on any atom is 0.306 e. The Morgan fingerprint density at radius 1 is 1.10 bits per heavy atom. The van der Waals surface area contributed by atoms with Crippen LogP contribution < -0.4 is 5.32 Å². The number of hydrogen-bond acceptors (Lipinski definition) is 5. The van der Waals surface area contributed by atoms with E-state index in [-0.39, 0.29) is 49.8 Å². The van der Waals surface area contributed by atoms with Gasteiger partial charge in [0.25, 0.3) is 17.7 Å². The summed E-state index contributed by atoms with van der Waals surface area (Å²) in [6.07, 6.45) is 2.53. The second kappa shape index (κ2) is 8.26. The molecule has 2 aromatic rings. The minimum absolute atomic E-state index is 0.0222. The highest BCUT2D eigenvalue weighted by atomic mass is 16.5. The van der Waals surface area contributed by atoms with Crippen molar-refractivity contribution in [1.29, 1.82) is 0 Å². The Morgan fingerprint density at radius 3 is 2.33 bits per heavy atom. The van der Waals surface area contributed by atoms with E-state index in [0.717, 1.165) is 18.2 Å². The minimum Gasteiger partial charge on any atom is -0.456 e. The van der Waals surface area contributed by atoms with Gasteiger partial charge in [0, 0.05) is 35.5 Å². The summed E-state index contributed by atoms with van der Waals surface area (Å²) in [6, 6.07) is 10.8. The van der Waals surface area contributed by atoms with E-state index < -0.39 is 5.97 Å². The van der Waals surface area contributed by atoms with E-state index in [2.05, 4.69) is 5.32 Å². The van der Waals surface area contributed by atoms with Gasteiger partial charge in [0.15, 0.2) is 6.61 Å². The normalized spacial score (nSPS) is 16.5. The standard InChI is InChI=1S/C23H24N2O5/c1-14(15-10-11-15)24-19(26)13-30-20(27)9-4-12-25-22(28)17-7-2-5-16-6-3-8-18(21(16)17)23(25)29/h2-3,5-8,14-15H,4,9-13H2,1H3,(H,24,26)/t14-/m1/s1. The summed E-state index contributed by atoms with van der Waals surface area (Å²) >= 11 is 0. The summed E-state index contributed by atoms with van der Waals surface area (Å²) < 4.78 is 5.01. The molecule has 2 aliphatic rings. The molecule has 1 atom stereocenters. The van der Waals surface area contributed by atoms with E-state index >= 15 is 0 Å². The average Bonchev–Trinajstić information content (AvgIpc) is 3.58. The third-order valence-electron chi connectivity index (χ3n) is 5.70. The lowest BCUT2D eigenvalue weighted by Crippen LogP contribution is -2.41. The lowest BCUT2D eigenvalue weighted by molar-refractivity contribution is -0.148.